The van der Waals surface area contributed by atoms with Gasteiger partial charge in [-0.2, -0.15) is 0 Å². The summed E-state index contributed by atoms with van der Waals surface area (Å²) in [5.41, 5.74) is 0. The molecule has 2 heteroatoms. The van der Waals surface area contributed by atoms with E-state index in [1.54, 1.807) is 0 Å². The molecule has 2 aliphatic rings. The molecule has 1 saturated heterocycles. The van der Waals surface area contributed by atoms with Crippen molar-refractivity contribution in [3.05, 3.63) is 0 Å². The lowest BCUT2D eigenvalue weighted by molar-refractivity contribution is 0.157. The zero-order valence-corrected chi connectivity index (χ0v) is 9.63. The Morgan fingerprint density at radius 1 is 1.21 bits per heavy atom. The van der Waals surface area contributed by atoms with Crippen LogP contribution in [-0.4, -0.2) is 36.6 Å². The molecular formula is C12H24N2. The highest BCUT2D eigenvalue weighted by Crippen LogP contribution is 2.31. The molecule has 1 N–H and O–H groups in total. The summed E-state index contributed by atoms with van der Waals surface area (Å²) in [6.07, 6.45) is 8.42. The van der Waals surface area contributed by atoms with Crippen molar-refractivity contribution in [1.82, 2.24) is 10.2 Å². The average Bonchev–Trinajstić information content (AvgIpc) is 2.85. The molecule has 2 fully saturated rings. The van der Waals surface area contributed by atoms with Gasteiger partial charge in [-0.1, -0.05) is 13.3 Å². The van der Waals surface area contributed by atoms with Crippen LogP contribution >= 0.6 is 0 Å². The van der Waals surface area contributed by atoms with E-state index in [1.165, 1.54) is 45.1 Å². The summed E-state index contributed by atoms with van der Waals surface area (Å²) in [6.45, 7) is 3.69. The van der Waals surface area contributed by atoms with Crippen LogP contribution in [0.3, 0.4) is 0 Å². The summed E-state index contributed by atoms with van der Waals surface area (Å²) in [5.74, 6) is 0. The van der Waals surface area contributed by atoms with Crippen molar-refractivity contribution in [2.45, 2.75) is 63.6 Å². The molecule has 3 unspecified atom stereocenters. The van der Waals surface area contributed by atoms with Crippen molar-refractivity contribution < 1.29 is 0 Å². The average molecular weight is 196 g/mol. The minimum absolute atomic E-state index is 0.766. The monoisotopic (exact) mass is 196 g/mol. The van der Waals surface area contributed by atoms with Gasteiger partial charge < -0.3 is 5.32 Å². The van der Waals surface area contributed by atoms with Gasteiger partial charge in [-0.05, 0) is 45.7 Å². The quantitative estimate of drug-likeness (QED) is 0.743. The molecule has 14 heavy (non-hydrogen) atoms. The summed E-state index contributed by atoms with van der Waals surface area (Å²) in [6, 6.07) is 2.49. The van der Waals surface area contributed by atoms with Crippen LogP contribution in [0.25, 0.3) is 0 Å². The van der Waals surface area contributed by atoms with Crippen molar-refractivity contribution in [3.8, 4) is 0 Å². The Balaban J connectivity index is 1.98. The van der Waals surface area contributed by atoms with Gasteiger partial charge in [-0.15, -0.1) is 0 Å². The van der Waals surface area contributed by atoms with Crippen molar-refractivity contribution in [1.29, 1.82) is 0 Å². The normalized spacial score (nSPS) is 39.4. The summed E-state index contributed by atoms with van der Waals surface area (Å²) >= 11 is 0. The molecule has 0 aromatic carbocycles. The maximum Gasteiger partial charge on any atom is 0.0252 e. The first kappa shape index (κ1) is 10.4. The molecule has 0 radical (unpaired) electrons. The van der Waals surface area contributed by atoms with Gasteiger partial charge in [0.2, 0.25) is 0 Å². The van der Waals surface area contributed by atoms with E-state index in [0.29, 0.717) is 0 Å². The molecule has 0 aromatic heterocycles. The number of nitrogens with zero attached hydrogens (tertiary/aromatic N) is 1. The topological polar surface area (TPSA) is 15.3 Å². The first-order chi connectivity index (χ1) is 6.86. The number of nitrogens with one attached hydrogen (secondary N) is 1. The summed E-state index contributed by atoms with van der Waals surface area (Å²) < 4.78 is 0. The van der Waals surface area contributed by atoms with E-state index in [-0.39, 0.29) is 0 Å². The van der Waals surface area contributed by atoms with Gasteiger partial charge in [-0.25, -0.2) is 0 Å². The third-order valence-corrected chi connectivity index (χ3v) is 4.17. The van der Waals surface area contributed by atoms with Gasteiger partial charge in [0.1, 0.15) is 0 Å². The third kappa shape index (κ3) is 1.82. The first-order valence-corrected chi connectivity index (χ1v) is 6.29. The Kier molecular flexibility index (Phi) is 3.45. The van der Waals surface area contributed by atoms with E-state index in [2.05, 4.69) is 24.2 Å². The number of likely N-dealkylation sites (tertiary alicyclic amines) is 1. The van der Waals surface area contributed by atoms with Crippen LogP contribution in [0.2, 0.25) is 0 Å². The fraction of sp³-hybridized carbons (Fsp3) is 1.00. The smallest absolute Gasteiger partial charge is 0.0252 e. The molecule has 2 rings (SSSR count). The molecule has 2 nitrogen and oxygen atoms in total. The maximum atomic E-state index is 3.49. The molecule has 1 heterocycles. The summed E-state index contributed by atoms with van der Waals surface area (Å²) in [5, 5.41) is 3.49. The van der Waals surface area contributed by atoms with E-state index in [4.69, 9.17) is 0 Å². The van der Waals surface area contributed by atoms with Crippen LogP contribution in [0.5, 0.6) is 0 Å². The number of rotatable bonds is 3. The van der Waals surface area contributed by atoms with E-state index < -0.39 is 0 Å². The largest absolute Gasteiger partial charge is 0.315 e. The second-order valence-corrected chi connectivity index (χ2v) is 4.84. The van der Waals surface area contributed by atoms with Crippen molar-refractivity contribution in [3.63, 3.8) is 0 Å². The highest BCUT2D eigenvalue weighted by molar-refractivity contribution is 4.94. The predicted molar refractivity (Wildman–Crippen MR) is 60.5 cm³/mol. The Morgan fingerprint density at radius 3 is 2.79 bits per heavy atom. The van der Waals surface area contributed by atoms with E-state index >= 15 is 0 Å². The number of hydrogen-bond donors (Lipinski definition) is 1. The van der Waals surface area contributed by atoms with E-state index in [0.717, 1.165) is 18.1 Å². The molecule has 1 aliphatic heterocycles. The van der Waals surface area contributed by atoms with Crippen LogP contribution in [0.4, 0.5) is 0 Å². The van der Waals surface area contributed by atoms with Crippen molar-refractivity contribution >= 4 is 0 Å². The van der Waals surface area contributed by atoms with Crippen LogP contribution in [-0.2, 0) is 0 Å². The lowest BCUT2D eigenvalue weighted by Gasteiger charge is -2.33. The summed E-state index contributed by atoms with van der Waals surface area (Å²) in [7, 11) is 2.13. The highest BCUT2D eigenvalue weighted by Gasteiger charge is 2.36. The van der Waals surface area contributed by atoms with Crippen LogP contribution in [0.1, 0.15) is 45.4 Å². The molecule has 1 aliphatic carbocycles. The Bertz CT molecular complexity index is 161. The number of likely N-dealkylation sites (N-methyl/N-ethyl adjacent to an activating group) is 1. The fourth-order valence-corrected chi connectivity index (χ4v) is 3.41. The fourth-order valence-electron chi connectivity index (χ4n) is 3.41. The molecule has 0 spiro atoms. The molecule has 0 aromatic rings. The van der Waals surface area contributed by atoms with Gasteiger partial charge in [0, 0.05) is 18.1 Å². The zero-order chi connectivity index (χ0) is 9.97. The van der Waals surface area contributed by atoms with Gasteiger partial charge >= 0.3 is 0 Å². The van der Waals surface area contributed by atoms with Crippen LogP contribution < -0.4 is 5.32 Å². The van der Waals surface area contributed by atoms with Crippen molar-refractivity contribution in [2.24, 2.45) is 0 Å². The Labute approximate surface area is 88.1 Å². The maximum absolute atomic E-state index is 3.49. The Morgan fingerprint density at radius 2 is 2.07 bits per heavy atom. The molecular weight excluding hydrogens is 172 g/mol. The van der Waals surface area contributed by atoms with Gasteiger partial charge in [0.15, 0.2) is 0 Å². The summed E-state index contributed by atoms with van der Waals surface area (Å²) in [4.78, 5) is 2.79. The lowest BCUT2D eigenvalue weighted by Crippen LogP contribution is -2.47. The third-order valence-electron chi connectivity index (χ3n) is 4.17. The number of hydrogen-bond acceptors (Lipinski definition) is 2. The predicted octanol–water partition coefficient (Wildman–Crippen LogP) is 2.00. The van der Waals surface area contributed by atoms with Gasteiger partial charge in [-0.3, -0.25) is 4.90 Å². The van der Waals surface area contributed by atoms with E-state index in [1.807, 2.05) is 0 Å². The lowest BCUT2D eigenvalue weighted by atomic mass is 10.1. The molecule has 82 valence electrons. The minimum atomic E-state index is 0.766. The standard InChI is InChI=1S/C12H24N2/c1-3-10-6-5-9-14(10)12-8-4-7-11(12)13-2/h10-13H,3-9H2,1-2H3. The minimum Gasteiger partial charge on any atom is -0.315 e. The van der Waals surface area contributed by atoms with Crippen LogP contribution in [0.15, 0.2) is 0 Å². The SMILES string of the molecule is CCC1CCCN1C1CCCC1NC. The van der Waals surface area contributed by atoms with Gasteiger partial charge in [0.25, 0.3) is 0 Å². The zero-order valence-electron chi connectivity index (χ0n) is 9.63. The van der Waals surface area contributed by atoms with Gasteiger partial charge in [0.05, 0.1) is 0 Å². The second-order valence-electron chi connectivity index (χ2n) is 4.84. The highest BCUT2D eigenvalue weighted by atomic mass is 15.2. The van der Waals surface area contributed by atoms with Crippen molar-refractivity contribution in [2.75, 3.05) is 13.6 Å². The van der Waals surface area contributed by atoms with E-state index in [9.17, 15) is 0 Å². The van der Waals surface area contributed by atoms with Crippen LogP contribution in [0, 0.1) is 0 Å². The molecule has 0 bridgehead atoms. The Hall–Kier alpha value is -0.0800. The molecule has 3 atom stereocenters. The first-order valence-electron chi connectivity index (χ1n) is 6.29. The second kappa shape index (κ2) is 4.63. The molecule has 0 amide bonds. The molecule has 1 saturated carbocycles.